The average molecular weight is 217 g/mol. The number of carbonyl (C=O) groups is 1. The van der Waals surface area contributed by atoms with Gasteiger partial charge in [-0.15, -0.1) is 0 Å². The molecule has 16 heavy (non-hydrogen) atoms. The van der Waals surface area contributed by atoms with Gasteiger partial charge in [0.25, 0.3) is 0 Å². The Bertz CT molecular complexity index is 440. The maximum Gasteiger partial charge on any atom is 0.332 e. The topological polar surface area (TPSA) is 67.5 Å². The maximum atomic E-state index is 10.6. The molecule has 0 saturated heterocycles. The summed E-state index contributed by atoms with van der Waals surface area (Å²) in [5.41, 5.74) is 10.9. The third-order valence-electron chi connectivity index (χ3n) is 2.98. The minimum Gasteiger partial charge on any atom is -0.350 e. The monoisotopic (exact) mass is 217 g/mol. The SMILES string of the molecule is CC1C(=NNC(N)=O)CCc2ccccc21. The van der Waals surface area contributed by atoms with E-state index >= 15 is 0 Å². The molecule has 0 heterocycles. The third kappa shape index (κ3) is 2.05. The van der Waals surface area contributed by atoms with E-state index in [1.807, 2.05) is 6.07 Å². The molecule has 4 heteroatoms. The Morgan fingerprint density at radius 3 is 2.94 bits per heavy atom. The fourth-order valence-corrected chi connectivity index (χ4v) is 2.12. The highest BCUT2D eigenvalue weighted by Gasteiger charge is 2.21. The summed E-state index contributed by atoms with van der Waals surface area (Å²) in [6, 6.07) is 7.72. The predicted molar refractivity (Wildman–Crippen MR) is 63.3 cm³/mol. The third-order valence-corrected chi connectivity index (χ3v) is 2.98. The average Bonchev–Trinajstić information content (AvgIpc) is 2.28. The van der Waals surface area contributed by atoms with Gasteiger partial charge in [0.15, 0.2) is 0 Å². The van der Waals surface area contributed by atoms with E-state index in [4.69, 9.17) is 5.73 Å². The number of fused-ring (bicyclic) bond motifs is 1. The van der Waals surface area contributed by atoms with Crippen LogP contribution in [0.15, 0.2) is 29.4 Å². The van der Waals surface area contributed by atoms with Gasteiger partial charge in [-0.05, 0) is 24.0 Å². The number of aryl methyl sites for hydroxylation is 1. The minimum atomic E-state index is -0.612. The highest BCUT2D eigenvalue weighted by atomic mass is 16.2. The molecule has 0 spiro atoms. The van der Waals surface area contributed by atoms with Gasteiger partial charge in [-0.25, -0.2) is 10.2 Å². The number of benzene rings is 1. The van der Waals surface area contributed by atoms with Crippen LogP contribution in [0.4, 0.5) is 4.79 Å². The van der Waals surface area contributed by atoms with Crippen LogP contribution in [-0.2, 0) is 6.42 Å². The van der Waals surface area contributed by atoms with Crippen molar-refractivity contribution in [1.82, 2.24) is 5.43 Å². The molecule has 0 fully saturated rings. The molecule has 0 saturated carbocycles. The highest BCUT2D eigenvalue weighted by molar-refractivity contribution is 5.93. The van der Waals surface area contributed by atoms with E-state index in [1.165, 1.54) is 11.1 Å². The van der Waals surface area contributed by atoms with Crippen molar-refractivity contribution in [3.63, 3.8) is 0 Å². The molecular formula is C12H15N3O. The van der Waals surface area contributed by atoms with Crippen molar-refractivity contribution in [3.8, 4) is 0 Å². The first kappa shape index (κ1) is 10.7. The Morgan fingerprint density at radius 2 is 2.19 bits per heavy atom. The number of nitrogens with one attached hydrogen (secondary N) is 1. The van der Waals surface area contributed by atoms with Crippen molar-refractivity contribution in [1.29, 1.82) is 0 Å². The molecule has 84 valence electrons. The summed E-state index contributed by atoms with van der Waals surface area (Å²) in [6.07, 6.45) is 1.85. The molecule has 2 amide bonds. The summed E-state index contributed by atoms with van der Waals surface area (Å²) in [5, 5.41) is 4.05. The lowest BCUT2D eigenvalue weighted by molar-refractivity contribution is 0.249. The van der Waals surface area contributed by atoms with Crippen LogP contribution >= 0.6 is 0 Å². The van der Waals surface area contributed by atoms with Crippen LogP contribution in [0.2, 0.25) is 0 Å². The maximum absolute atomic E-state index is 10.6. The van der Waals surface area contributed by atoms with Crippen LogP contribution in [0, 0.1) is 0 Å². The van der Waals surface area contributed by atoms with Gasteiger partial charge in [-0.3, -0.25) is 0 Å². The van der Waals surface area contributed by atoms with Crippen LogP contribution in [-0.4, -0.2) is 11.7 Å². The largest absolute Gasteiger partial charge is 0.350 e. The van der Waals surface area contributed by atoms with Crippen molar-refractivity contribution >= 4 is 11.7 Å². The van der Waals surface area contributed by atoms with Crippen molar-refractivity contribution in [3.05, 3.63) is 35.4 Å². The first-order valence-corrected chi connectivity index (χ1v) is 5.38. The van der Waals surface area contributed by atoms with Crippen LogP contribution in [0.3, 0.4) is 0 Å². The first-order valence-electron chi connectivity index (χ1n) is 5.38. The number of carbonyl (C=O) groups excluding carboxylic acids is 1. The second-order valence-electron chi connectivity index (χ2n) is 4.00. The summed E-state index contributed by atoms with van der Waals surface area (Å²) in [6.45, 7) is 2.10. The Hall–Kier alpha value is -1.84. The lowest BCUT2D eigenvalue weighted by Crippen LogP contribution is -2.28. The number of primary amides is 1. The zero-order chi connectivity index (χ0) is 11.5. The Morgan fingerprint density at radius 1 is 1.44 bits per heavy atom. The smallest absolute Gasteiger partial charge is 0.332 e. The van der Waals surface area contributed by atoms with Crippen molar-refractivity contribution in [2.45, 2.75) is 25.7 Å². The van der Waals surface area contributed by atoms with E-state index in [2.05, 4.69) is 35.7 Å². The fourth-order valence-electron chi connectivity index (χ4n) is 2.12. The number of hydrazone groups is 1. The normalized spacial score (nSPS) is 21.6. The lowest BCUT2D eigenvalue weighted by Gasteiger charge is -2.23. The number of urea groups is 1. The number of hydrogen-bond acceptors (Lipinski definition) is 2. The zero-order valence-electron chi connectivity index (χ0n) is 9.23. The molecule has 0 radical (unpaired) electrons. The van der Waals surface area contributed by atoms with Gasteiger partial charge in [-0.1, -0.05) is 31.2 Å². The second-order valence-corrected chi connectivity index (χ2v) is 4.00. The molecule has 4 nitrogen and oxygen atoms in total. The number of hydrogen-bond donors (Lipinski definition) is 2. The number of nitrogens with two attached hydrogens (primary N) is 1. The summed E-state index contributed by atoms with van der Waals surface area (Å²) in [5.74, 6) is 0.247. The number of amides is 2. The van der Waals surface area contributed by atoms with Gasteiger partial charge in [0.05, 0.1) is 0 Å². The molecular weight excluding hydrogens is 202 g/mol. The molecule has 0 aliphatic heterocycles. The van der Waals surface area contributed by atoms with Crippen molar-refractivity contribution < 1.29 is 4.79 Å². The fraction of sp³-hybridized carbons (Fsp3) is 0.333. The predicted octanol–water partition coefficient (Wildman–Crippen LogP) is 1.76. The molecule has 1 aliphatic rings. The van der Waals surface area contributed by atoms with Gasteiger partial charge in [-0.2, -0.15) is 5.10 Å². The molecule has 1 aliphatic carbocycles. The van der Waals surface area contributed by atoms with E-state index in [0.717, 1.165) is 18.6 Å². The summed E-state index contributed by atoms with van der Waals surface area (Å²) < 4.78 is 0. The number of rotatable bonds is 1. The molecule has 0 aromatic heterocycles. The van der Waals surface area contributed by atoms with Gasteiger partial charge >= 0.3 is 6.03 Å². The quantitative estimate of drug-likeness (QED) is 0.691. The van der Waals surface area contributed by atoms with Crippen LogP contribution in [0.1, 0.15) is 30.4 Å². The molecule has 1 aromatic carbocycles. The zero-order valence-corrected chi connectivity index (χ0v) is 9.23. The standard InChI is InChI=1S/C12H15N3O/c1-8-10-5-3-2-4-9(10)6-7-11(8)14-15-12(13)16/h2-5,8H,6-7H2,1H3,(H3,13,15,16). The minimum absolute atomic E-state index is 0.247. The second kappa shape index (κ2) is 4.35. The lowest BCUT2D eigenvalue weighted by atomic mass is 9.82. The first-order chi connectivity index (χ1) is 7.68. The Labute approximate surface area is 94.5 Å². The molecule has 3 N–H and O–H groups in total. The molecule has 1 atom stereocenters. The van der Waals surface area contributed by atoms with Crippen molar-refractivity contribution in [2.75, 3.05) is 0 Å². The summed E-state index contributed by atoms with van der Waals surface area (Å²) >= 11 is 0. The molecule has 1 aromatic rings. The number of nitrogens with zero attached hydrogens (tertiary/aromatic N) is 1. The van der Waals surface area contributed by atoms with E-state index in [1.54, 1.807) is 0 Å². The van der Waals surface area contributed by atoms with Gasteiger partial charge < -0.3 is 5.73 Å². The van der Waals surface area contributed by atoms with E-state index < -0.39 is 6.03 Å². The Kier molecular flexibility index (Phi) is 2.90. The highest BCUT2D eigenvalue weighted by Crippen LogP contribution is 2.28. The van der Waals surface area contributed by atoms with Crippen LogP contribution in [0.5, 0.6) is 0 Å². The van der Waals surface area contributed by atoms with Gasteiger partial charge in [0, 0.05) is 11.6 Å². The van der Waals surface area contributed by atoms with E-state index in [-0.39, 0.29) is 5.92 Å². The van der Waals surface area contributed by atoms with Crippen LogP contribution in [0.25, 0.3) is 0 Å². The van der Waals surface area contributed by atoms with Gasteiger partial charge in [0.2, 0.25) is 0 Å². The van der Waals surface area contributed by atoms with Crippen LogP contribution < -0.4 is 11.2 Å². The molecule has 0 bridgehead atoms. The van der Waals surface area contributed by atoms with E-state index in [9.17, 15) is 4.79 Å². The van der Waals surface area contributed by atoms with E-state index in [0.29, 0.717) is 0 Å². The Balaban J connectivity index is 2.24. The molecule has 1 unspecified atom stereocenters. The van der Waals surface area contributed by atoms with Gasteiger partial charge in [0.1, 0.15) is 0 Å². The summed E-state index contributed by atoms with van der Waals surface area (Å²) in [7, 11) is 0. The van der Waals surface area contributed by atoms with Crippen molar-refractivity contribution in [2.24, 2.45) is 10.8 Å². The molecule has 2 rings (SSSR count). The summed E-state index contributed by atoms with van der Waals surface area (Å²) in [4.78, 5) is 10.6.